The predicted octanol–water partition coefficient (Wildman–Crippen LogP) is 1.53. The molecule has 0 saturated carbocycles. The van der Waals surface area contributed by atoms with Gasteiger partial charge in [0.2, 0.25) is 0 Å². The smallest absolute Gasteiger partial charge is 0.0615 e. The van der Waals surface area contributed by atoms with Crippen LogP contribution >= 0.6 is 0 Å². The second-order valence-corrected chi connectivity index (χ2v) is 4.66. The average molecular weight is 214 g/mol. The van der Waals surface area contributed by atoms with Gasteiger partial charge < -0.3 is 15.4 Å². The van der Waals surface area contributed by atoms with E-state index in [2.05, 4.69) is 24.5 Å². The molecule has 0 spiro atoms. The lowest BCUT2D eigenvalue weighted by molar-refractivity contribution is 0.157. The molecule has 0 aromatic rings. The lowest BCUT2D eigenvalue weighted by atomic mass is 10.1. The van der Waals surface area contributed by atoms with Gasteiger partial charge in [-0.3, -0.25) is 0 Å². The van der Waals surface area contributed by atoms with E-state index in [0.717, 1.165) is 19.1 Å². The Kier molecular flexibility index (Phi) is 6.22. The number of hydrogen-bond donors (Lipinski definition) is 2. The molecule has 0 aromatic heterocycles. The molecule has 1 aliphatic rings. The third kappa shape index (κ3) is 4.96. The van der Waals surface area contributed by atoms with Crippen LogP contribution in [0.15, 0.2) is 0 Å². The maximum Gasteiger partial charge on any atom is 0.0615 e. The monoisotopic (exact) mass is 214 g/mol. The average Bonchev–Trinajstić information content (AvgIpc) is 2.69. The summed E-state index contributed by atoms with van der Waals surface area (Å²) in [5.41, 5.74) is 0. The highest BCUT2D eigenvalue weighted by atomic mass is 16.5. The van der Waals surface area contributed by atoms with Crippen molar-refractivity contribution in [2.24, 2.45) is 0 Å². The van der Waals surface area contributed by atoms with Gasteiger partial charge in [0, 0.05) is 25.2 Å². The van der Waals surface area contributed by atoms with Gasteiger partial charge in [-0.2, -0.15) is 0 Å². The first-order chi connectivity index (χ1) is 7.26. The summed E-state index contributed by atoms with van der Waals surface area (Å²) in [5.74, 6) is 0. The van der Waals surface area contributed by atoms with Crippen LogP contribution < -0.4 is 10.6 Å². The van der Waals surface area contributed by atoms with Crippen LogP contribution in [0.3, 0.4) is 0 Å². The Labute approximate surface area is 94.0 Å². The fourth-order valence-corrected chi connectivity index (χ4v) is 2.34. The zero-order chi connectivity index (χ0) is 11.1. The molecule has 1 fully saturated rings. The van der Waals surface area contributed by atoms with Gasteiger partial charge in [0.1, 0.15) is 0 Å². The molecular weight excluding hydrogens is 188 g/mol. The van der Waals surface area contributed by atoms with Crippen LogP contribution in [0.4, 0.5) is 0 Å². The Morgan fingerprint density at radius 2 is 2.33 bits per heavy atom. The fourth-order valence-electron chi connectivity index (χ4n) is 2.34. The minimum absolute atomic E-state index is 0.506. The second-order valence-electron chi connectivity index (χ2n) is 4.66. The van der Waals surface area contributed by atoms with Crippen molar-refractivity contribution >= 4 is 0 Å². The lowest BCUT2D eigenvalue weighted by Gasteiger charge is -2.24. The van der Waals surface area contributed by atoms with Crippen LogP contribution in [0.2, 0.25) is 0 Å². The first-order valence-electron chi connectivity index (χ1n) is 6.24. The van der Waals surface area contributed by atoms with Crippen molar-refractivity contribution in [2.45, 2.75) is 57.7 Å². The van der Waals surface area contributed by atoms with E-state index in [1.807, 2.05) is 0 Å². The zero-order valence-electron chi connectivity index (χ0n) is 10.4. The van der Waals surface area contributed by atoms with Gasteiger partial charge in [0.25, 0.3) is 0 Å². The molecule has 90 valence electrons. The topological polar surface area (TPSA) is 33.3 Å². The summed E-state index contributed by atoms with van der Waals surface area (Å²) in [6, 6.07) is 1.82. The molecule has 0 aliphatic carbocycles. The third-order valence-electron chi connectivity index (χ3n) is 3.18. The molecule has 1 rings (SSSR count). The lowest BCUT2D eigenvalue weighted by Crippen LogP contribution is -2.41. The van der Waals surface area contributed by atoms with E-state index >= 15 is 0 Å². The van der Waals surface area contributed by atoms with E-state index in [9.17, 15) is 0 Å². The third-order valence-corrected chi connectivity index (χ3v) is 3.18. The quantitative estimate of drug-likeness (QED) is 0.674. The van der Waals surface area contributed by atoms with Crippen LogP contribution in [-0.2, 0) is 4.74 Å². The first-order valence-corrected chi connectivity index (χ1v) is 6.24. The largest absolute Gasteiger partial charge is 0.383 e. The molecule has 0 amide bonds. The molecule has 0 bridgehead atoms. The summed E-state index contributed by atoms with van der Waals surface area (Å²) in [6.07, 6.45) is 5.05. The van der Waals surface area contributed by atoms with Gasteiger partial charge in [0.15, 0.2) is 0 Å². The fraction of sp³-hybridized carbons (Fsp3) is 1.00. The van der Waals surface area contributed by atoms with E-state index in [4.69, 9.17) is 4.74 Å². The van der Waals surface area contributed by atoms with E-state index in [-0.39, 0.29) is 0 Å². The van der Waals surface area contributed by atoms with Crippen LogP contribution in [-0.4, -0.2) is 38.4 Å². The number of hydrogen-bond acceptors (Lipinski definition) is 3. The summed E-state index contributed by atoms with van der Waals surface area (Å²) < 4.78 is 5.19. The highest BCUT2D eigenvalue weighted by Gasteiger charge is 2.18. The Morgan fingerprint density at radius 3 is 2.87 bits per heavy atom. The highest BCUT2D eigenvalue weighted by molar-refractivity contribution is 4.80. The van der Waals surface area contributed by atoms with Crippen LogP contribution in [0, 0.1) is 0 Å². The Bertz CT molecular complexity index is 158. The van der Waals surface area contributed by atoms with Crippen molar-refractivity contribution in [3.8, 4) is 0 Å². The summed E-state index contributed by atoms with van der Waals surface area (Å²) in [6.45, 7) is 6.50. The Balaban J connectivity index is 2.17. The molecular formula is C12H26N2O. The summed E-state index contributed by atoms with van der Waals surface area (Å²) in [4.78, 5) is 0. The van der Waals surface area contributed by atoms with Crippen molar-refractivity contribution in [2.75, 3.05) is 20.3 Å². The van der Waals surface area contributed by atoms with Gasteiger partial charge >= 0.3 is 0 Å². The van der Waals surface area contributed by atoms with Crippen LogP contribution in [0.1, 0.15) is 39.5 Å². The van der Waals surface area contributed by atoms with Crippen LogP contribution in [0.25, 0.3) is 0 Å². The van der Waals surface area contributed by atoms with Crippen molar-refractivity contribution in [1.29, 1.82) is 0 Å². The number of rotatable bonds is 7. The highest BCUT2D eigenvalue weighted by Crippen LogP contribution is 2.11. The van der Waals surface area contributed by atoms with Gasteiger partial charge in [-0.1, -0.05) is 6.92 Å². The number of nitrogens with one attached hydrogen (secondary N) is 2. The number of ether oxygens (including phenoxy) is 1. The van der Waals surface area contributed by atoms with E-state index in [0.29, 0.717) is 12.1 Å². The maximum atomic E-state index is 5.19. The van der Waals surface area contributed by atoms with Gasteiger partial charge in [0.05, 0.1) is 6.61 Å². The minimum atomic E-state index is 0.506. The second kappa shape index (κ2) is 7.20. The standard InChI is InChI=1S/C12H26N2O/c1-4-11(9-15-3)14-10(2)8-12-6-5-7-13-12/h10-14H,4-9H2,1-3H3. The molecule has 1 saturated heterocycles. The molecule has 3 heteroatoms. The van der Waals surface area contributed by atoms with Gasteiger partial charge in [-0.25, -0.2) is 0 Å². The maximum absolute atomic E-state index is 5.19. The van der Waals surface area contributed by atoms with Crippen molar-refractivity contribution < 1.29 is 4.74 Å². The molecule has 0 radical (unpaired) electrons. The summed E-state index contributed by atoms with van der Waals surface area (Å²) in [7, 11) is 1.77. The minimum Gasteiger partial charge on any atom is -0.383 e. The van der Waals surface area contributed by atoms with Crippen molar-refractivity contribution in [3.63, 3.8) is 0 Å². The molecule has 0 aromatic carbocycles. The van der Waals surface area contributed by atoms with E-state index in [1.54, 1.807) is 7.11 Å². The number of methoxy groups -OCH3 is 1. The molecule has 15 heavy (non-hydrogen) atoms. The van der Waals surface area contributed by atoms with Gasteiger partial charge in [-0.05, 0) is 39.2 Å². The predicted molar refractivity (Wildman–Crippen MR) is 64.2 cm³/mol. The molecule has 3 atom stereocenters. The molecule has 1 aliphatic heterocycles. The molecule has 2 N–H and O–H groups in total. The van der Waals surface area contributed by atoms with Crippen molar-refractivity contribution in [3.05, 3.63) is 0 Å². The van der Waals surface area contributed by atoms with E-state index < -0.39 is 0 Å². The molecule has 3 unspecified atom stereocenters. The summed E-state index contributed by atoms with van der Waals surface area (Å²) in [5, 5.41) is 7.17. The molecule has 1 heterocycles. The van der Waals surface area contributed by atoms with Crippen LogP contribution in [0.5, 0.6) is 0 Å². The Hall–Kier alpha value is -0.120. The zero-order valence-corrected chi connectivity index (χ0v) is 10.4. The molecule has 3 nitrogen and oxygen atoms in total. The summed E-state index contributed by atoms with van der Waals surface area (Å²) >= 11 is 0. The Morgan fingerprint density at radius 1 is 1.53 bits per heavy atom. The van der Waals surface area contributed by atoms with Crippen molar-refractivity contribution in [1.82, 2.24) is 10.6 Å². The first kappa shape index (κ1) is 12.9. The van der Waals surface area contributed by atoms with Gasteiger partial charge in [-0.15, -0.1) is 0 Å². The normalized spacial score (nSPS) is 25.4. The van der Waals surface area contributed by atoms with E-state index in [1.165, 1.54) is 25.8 Å². The SMILES string of the molecule is CCC(COC)NC(C)CC1CCCN1.